The van der Waals surface area contributed by atoms with Crippen molar-refractivity contribution in [3.8, 4) is 0 Å². The maximum Gasteiger partial charge on any atom is 0.226 e. The largest absolute Gasteiger partial charge is 0.378 e. The van der Waals surface area contributed by atoms with Crippen molar-refractivity contribution in [1.82, 2.24) is 9.97 Å². The third-order valence-corrected chi connectivity index (χ3v) is 3.12. The van der Waals surface area contributed by atoms with Gasteiger partial charge in [-0.1, -0.05) is 18.7 Å². The van der Waals surface area contributed by atoms with Crippen LogP contribution in [0.25, 0.3) is 17.0 Å². The van der Waals surface area contributed by atoms with Crippen LogP contribution in [0.15, 0.2) is 31.0 Å². The van der Waals surface area contributed by atoms with E-state index in [1.807, 2.05) is 30.5 Å². The maximum atomic E-state index is 5.33. The molecule has 0 bridgehead atoms. The Labute approximate surface area is 106 Å². The maximum absolute atomic E-state index is 5.33. The van der Waals surface area contributed by atoms with E-state index in [9.17, 15) is 0 Å². The van der Waals surface area contributed by atoms with Gasteiger partial charge in [0.25, 0.3) is 0 Å². The van der Waals surface area contributed by atoms with Gasteiger partial charge in [-0.25, -0.2) is 9.97 Å². The van der Waals surface area contributed by atoms with Crippen molar-refractivity contribution in [3.05, 3.63) is 36.5 Å². The molecule has 18 heavy (non-hydrogen) atoms. The van der Waals surface area contributed by atoms with Gasteiger partial charge in [-0.3, -0.25) is 0 Å². The first kappa shape index (κ1) is 11.2. The molecule has 1 aromatic carbocycles. The minimum absolute atomic E-state index is 0.747. The summed E-state index contributed by atoms with van der Waals surface area (Å²) in [5.74, 6) is 0.789. The highest BCUT2D eigenvalue weighted by molar-refractivity contribution is 5.81. The zero-order valence-corrected chi connectivity index (χ0v) is 10.2. The Kier molecular flexibility index (Phi) is 2.94. The van der Waals surface area contributed by atoms with E-state index in [1.165, 1.54) is 0 Å². The van der Waals surface area contributed by atoms with E-state index < -0.39 is 0 Å². The topological polar surface area (TPSA) is 38.2 Å². The summed E-state index contributed by atoms with van der Waals surface area (Å²) in [7, 11) is 0. The number of hydrogen-bond acceptors (Lipinski definition) is 4. The predicted molar refractivity (Wildman–Crippen MR) is 72.7 cm³/mol. The lowest BCUT2D eigenvalue weighted by Gasteiger charge is -2.26. The number of anilines is 1. The van der Waals surface area contributed by atoms with Crippen molar-refractivity contribution >= 4 is 22.9 Å². The van der Waals surface area contributed by atoms with Crippen LogP contribution in [-0.2, 0) is 4.74 Å². The molecule has 1 fully saturated rings. The number of nitrogens with zero attached hydrogens (tertiary/aromatic N) is 3. The lowest BCUT2D eigenvalue weighted by Crippen LogP contribution is -2.37. The Morgan fingerprint density at radius 3 is 2.89 bits per heavy atom. The van der Waals surface area contributed by atoms with E-state index in [0.717, 1.165) is 48.7 Å². The number of fused-ring (bicyclic) bond motifs is 1. The van der Waals surface area contributed by atoms with Crippen LogP contribution in [0.3, 0.4) is 0 Å². The first-order chi connectivity index (χ1) is 8.86. The molecule has 0 atom stereocenters. The van der Waals surface area contributed by atoms with Gasteiger partial charge >= 0.3 is 0 Å². The van der Waals surface area contributed by atoms with Gasteiger partial charge in [0.1, 0.15) is 0 Å². The van der Waals surface area contributed by atoms with Crippen molar-refractivity contribution in [2.75, 3.05) is 31.2 Å². The fourth-order valence-electron chi connectivity index (χ4n) is 2.08. The summed E-state index contributed by atoms with van der Waals surface area (Å²) >= 11 is 0. The third-order valence-electron chi connectivity index (χ3n) is 3.12. The molecule has 0 unspecified atom stereocenters. The summed E-state index contributed by atoms with van der Waals surface area (Å²) in [5.41, 5.74) is 2.06. The van der Waals surface area contributed by atoms with Gasteiger partial charge < -0.3 is 9.64 Å². The van der Waals surface area contributed by atoms with E-state index in [-0.39, 0.29) is 0 Å². The van der Waals surface area contributed by atoms with E-state index >= 15 is 0 Å². The standard InChI is InChI=1S/C14H15N3O/c1-2-11-3-4-13-12(9-11)10-15-14(16-13)17-5-7-18-8-6-17/h2-4,9-10H,1,5-8H2. The van der Waals surface area contributed by atoms with Crippen LogP contribution < -0.4 is 4.90 Å². The number of aromatic nitrogens is 2. The highest BCUT2D eigenvalue weighted by Crippen LogP contribution is 2.18. The number of hydrogen-bond donors (Lipinski definition) is 0. The smallest absolute Gasteiger partial charge is 0.226 e. The van der Waals surface area contributed by atoms with Crippen LogP contribution in [0.4, 0.5) is 5.95 Å². The molecule has 1 saturated heterocycles. The normalized spacial score (nSPS) is 15.9. The monoisotopic (exact) mass is 241 g/mol. The van der Waals surface area contributed by atoms with Crippen LogP contribution in [0.1, 0.15) is 5.56 Å². The summed E-state index contributed by atoms with van der Waals surface area (Å²) < 4.78 is 5.33. The Morgan fingerprint density at radius 1 is 1.28 bits per heavy atom. The zero-order valence-electron chi connectivity index (χ0n) is 10.2. The number of rotatable bonds is 2. The van der Waals surface area contributed by atoms with Crippen molar-refractivity contribution < 1.29 is 4.74 Å². The minimum atomic E-state index is 0.747. The van der Waals surface area contributed by atoms with Gasteiger partial charge in [0, 0.05) is 24.7 Å². The zero-order chi connectivity index (χ0) is 12.4. The second-order valence-corrected chi connectivity index (χ2v) is 4.29. The van der Waals surface area contributed by atoms with Crippen LogP contribution in [0.2, 0.25) is 0 Å². The van der Waals surface area contributed by atoms with E-state index in [4.69, 9.17) is 4.74 Å². The summed E-state index contributed by atoms with van der Waals surface area (Å²) in [5, 5.41) is 1.05. The fraction of sp³-hybridized carbons (Fsp3) is 0.286. The number of ether oxygens (including phenoxy) is 1. The molecule has 1 aromatic heterocycles. The number of morpholine rings is 1. The molecular formula is C14H15N3O. The van der Waals surface area contributed by atoms with Gasteiger partial charge in [0.05, 0.1) is 18.7 Å². The molecule has 1 aliphatic rings. The predicted octanol–water partition coefficient (Wildman–Crippen LogP) is 2.11. The first-order valence-electron chi connectivity index (χ1n) is 6.09. The minimum Gasteiger partial charge on any atom is -0.378 e. The van der Waals surface area contributed by atoms with Crippen molar-refractivity contribution in [2.45, 2.75) is 0 Å². The second kappa shape index (κ2) is 4.74. The molecule has 4 heteroatoms. The highest BCUT2D eigenvalue weighted by atomic mass is 16.5. The fourth-order valence-corrected chi connectivity index (χ4v) is 2.08. The molecule has 0 aliphatic carbocycles. The molecular weight excluding hydrogens is 226 g/mol. The van der Waals surface area contributed by atoms with Crippen molar-refractivity contribution in [2.24, 2.45) is 0 Å². The van der Waals surface area contributed by atoms with Gasteiger partial charge in [0.15, 0.2) is 0 Å². The quantitative estimate of drug-likeness (QED) is 0.807. The highest BCUT2D eigenvalue weighted by Gasteiger charge is 2.13. The molecule has 0 saturated carbocycles. The van der Waals surface area contributed by atoms with Crippen molar-refractivity contribution in [3.63, 3.8) is 0 Å². The Morgan fingerprint density at radius 2 is 2.11 bits per heavy atom. The van der Waals surface area contributed by atoms with Gasteiger partial charge in [-0.05, 0) is 17.7 Å². The molecule has 2 aromatic rings. The van der Waals surface area contributed by atoms with Crippen LogP contribution >= 0.6 is 0 Å². The van der Waals surface area contributed by atoms with Crippen LogP contribution in [0.5, 0.6) is 0 Å². The Balaban J connectivity index is 1.97. The third kappa shape index (κ3) is 2.07. The molecule has 4 nitrogen and oxygen atoms in total. The summed E-state index contributed by atoms with van der Waals surface area (Å²) in [6, 6.07) is 6.08. The van der Waals surface area contributed by atoms with Crippen LogP contribution in [0, 0.1) is 0 Å². The van der Waals surface area contributed by atoms with E-state index in [2.05, 4.69) is 21.4 Å². The van der Waals surface area contributed by atoms with Gasteiger partial charge in [-0.2, -0.15) is 0 Å². The molecule has 1 aliphatic heterocycles. The second-order valence-electron chi connectivity index (χ2n) is 4.29. The van der Waals surface area contributed by atoms with E-state index in [1.54, 1.807) is 0 Å². The lowest BCUT2D eigenvalue weighted by atomic mass is 10.1. The molecule has 0 spiro atoms. The number of benzene rings is 1. The van der Waals surface area contributed by atoms with E-state index in [0.29, 0.717) is 0 Å². The molecule has 0 amide bonds. The first-order valence-corrected chi connectivity index (χ1v) is 6.09. The summed E-state index contributed by atoms with van der Waals surface area (Å²) in [6.07, 6.45) is 3.70. The molecule has 3 rings (SSSR count). The lowest BCUT2D eigenvalue weighted by molar-refractivity contribution is 0.122. The molecule has 0 radical (unpaired) electrons. The molecule has 2 heterocycles. The average molecular weight is 241 g/mol. The molecule has 0 N–H and O–H groups in total. The Hall–Kier alpha value is -1.94. The van der Waals surface area contributed by atoms with Gasteiger partial charge in [0.2, 0.25) is 5.95 Å². The summed E-state index contributed by atoms with van der Waals surface area (Å²) in [6.45, 7) is 6.97. The van der Waals surface area contributed by atoms with Crippen molar-refractivity contribution in [1.29, 1.82) is 0 Å². The average Bonchev–Trinajstić information content (AvgIpc) is 2.47. The van der Waals surface area contributed by atoms with Crippen LogP contribution in [-0.4, -0.2) is 36.3 Å². The SMILES string of the molecule is C=Cc1ccc2nc(N3CCOCC3)ncc2c1. The molecule has 92 valence electrons. The van der Waals surface area contributed by atoms with Gasteiger partial charge in [-0.15, -0.1) is 0 Å². The Bertz CT molecular complexity index is 576. The summed E-state index contributed by atoms with van der Waals surface area (Å²) in [4.78, 5) is 11.2.